The van der Waals surface area contributed by atoms with Gasteiger partial charge in [-0.15, -0.1) is 0 Å². The minimum Gasteiger partial charge on any atom is -0.491 e. The Hall–Kier alpha value is -1.14. The lowest BCUT2D eigenvalue weighted by Crippen LogP contribution is -2.14. The summed E-state index contributed by atoms with van der Waals surface area (Å²) in [7, 11) is 0. The molecule has 0 aliphatic carbocycles. The summed E-state index contributed by atoms with van der Waals surface area (Å²) in [6.07, 6.45) is 0. The Kier molecular flexibility index (Phi) is 9.99. The fourth-order valence-electron chi connectivity index (χ4n) is 1.36. The summed E-state index contributed by atoms with van der Waals surface area (Å²) >= 11 is 0. The molecule has 0 aliphatic heterocycles. The van der Waals surface area contributed by atoms with Crippen LogP contribution in [0, 0.1) is 0 Å². The average molecular weight is 269 g/mol. The van der Waals surface area contributed by atoms with Crippen LogP contribution in [0.5, 0.6) is 5.75 Å². The summed E-state index contributed by atoms with van der Waals surface area (Å²) in [5, 5.41) is 0. The van der Waals surface area contributed by atoms with Gasteiger partial charge in [-0.25, -0.2) is 0 Å². The van der Waals surface area contributed by atoms with Gasteiger partial charge in [-0.1, -0.05) is 18.2 Å². The van der Waals surface area contributed by atoms with Crippen LogP contribution in [0.25, 0.3) is 0 Å². The minimum absolute atomic E-state index is 0.545. The smallest absolute Gasteiger partial charge is 0.119 e. The van der Waals surface area contributed by atoms with Gasteiger partial charge in [-0.2, -0.15) is 0 Å². The maximum absolute atomic E-state index is 5.48. The SMILES string of the molecule is NCCOCCOCCOCCOc1ccccc1. The molecule has 0 aliphatic rings. The van der Waals surface area contributed by atoms with Crippen LogP contribution in [-0.4, -0.2) is 52.8 Å². The van der Waals surface area contributed by atoms with Crippen molar-refractivity contribution >= 4 is 0 Å². The molecule has 19 heavy (non-hydrogen) atoms. The average Bonchev–Trinajstić information content (AvgIpc) is 2.46. The van der Waals surface area contributed by atoms with Crippen LogP contribution in [0.4, 0.5) is 0 Å². The first-order valence-corrected chi connectivity index (χ1v) is 6.54. The van der Waals surface area contributed by atoms with Crippen LogP contribution in [0.1, 0.15) is 0 Å². The molecule has 5 nitrogen and oxygen atoms in total. The standard InChI is InChI=1S/C14H23NO4/c15-6-7-16-8-9-17-10-11-18-12-13-19-14-4-2-1-3-5-14/h1-5H,6-13,15H2. The zero-order chi connectivity index (χ0) is 13.6. The molecule has 0 unspecified atom stereocenters. The van der Waals surface area contributed by atoms with E-state index in [1.165, 1.54) is 0 Å². The fraction of sp³-hybridized carbons (Fsp3) is 0.571. The third-order valence-corrected chi connectivity index (χ3v) is 2.25. The normalized spacial score (nSPS) is 10.6. The zero-order valence-electron chi connectivity index (χ0n) is 11.3. The predicted octanol–water partition coefficient (Wildman–Crippen LogP) is 1.07. The molecule has 0 saturated carbocycles. The Bertz CT molecular complexity index is 295. The maximum atomic E-state index is 5.48. The van der Waals surface area contributed by atoms with Crippen LogP contribution < -0.4 is 10.5 Å². The monoisotopic (exact) mass is 269 g/mol. The molecular weight excluding hydrogens is 246 g/mol. The number of ether oxygens (including phenoxy) is 4. The molecule has 1 rings (SSSR count). The second kappa shape index (κ2) is 11.9. The van der Waals surface area contributed by atoms with Crippen LogP contribution in [-0.2, 0) is 14.2 Å². The Morgan fingerprint density at radius 3 is 1.79 bits per heavy atom. The van der Waals surface area contributed by atoms with Gasteiger partial charge >= 0.3 is 0 Å². The fourth-order valence-corrected chi connectivity index (χ4v) is 1.36. The summed E-state index contributed by atoms with van der Waals surface area (Å²) in [4.78, 5) is 0. The van der Waals surface area contributed by atoms with Crippen molar-refractivity contribution in [3.63, 3.8) is 0 Å². The molecule has 0 amide bonds. The van der Waals surface area contributed by atoms with Crippen molar-refractivity contribution in [2.45, 2.75) is 0 Å². The van der Waals surface area contributed by atoms with Crippen molar-refractivity contribution in [3.05, 3.63) is 30.3 Å². The van der Waals surface area contributed by atoms with Crippen LogP contribution in [0.15, 0.2) is 30.3 Å². The minimum atomic E-state index is 0.545. The van der Waals surface area contributed by atoms with E-state index < -0.39 is 0 Å². The number of para-hydroxylation sites is 1. The molecule has 0 spiro atoms. The van der Waals surface area contributed by atoms with Gasteiger partial charge in [0.25, 0.3) is 0 Å². The molecule has 0 atom stereocenters. The number of benzene rings is 1. The third kappa shape index (κ3) is 9.44. The first-order valence-electron chi connectivity index (χ1n) is 6.54. The molecule has 0 radical (unpaired) electrons. The van der Waals surface area contributed by atoms with Crippen LogP contribution in [0.2, 0.25) is 0 Å². The van der Waals surface area contributed by atoms with E-state index in [4.69, 9.17) is 24.7 Å². The van der Waals surface area contributed by atoms with E-state index in [-0.39, 0.29) is 0 Å². The van der Waals surface area contributed by atoms with Gasteiger partial charge in [-0.3, -0.25) is 0 Å². The molecule has 0 aromatic heterocycles. The Morgan fingerprint density at radius 2 is 1.21 bits per heavy atom. The predicted molar refractivity (Wildman–Crippen MR) is 73.4 cm³/mol. The van der Waals surface area contributed by atoms with Crippen molar-refractivity contribution in [3.8, 4) is 5.75 Å². The molecule has 5 heteroatoms. The quantitative estimate of drug-likeness (QED) is 0.575. The molecule has 1 aromatic carbocycles. The molecule has 0 bridgehead atoms. The number of rotatable bonds is 12. The largest absolute Gasteiger partial charge is 0.491 e. The number of hydrogen-bond acceptors (Lipinski definition) is 5. The highest BCUT2D eigenvalue weighted by molar-refractivity contribution is 5.20. The Labute approximate surface area is 114 Å². The molecule has 0 heterocycles. The first-order chi connectivity index (χ1) is 9.43. The molecule has 0 saturated heterocycles. The highest BCUT2D eigenvalue weighted by Crippen LogP contribution is 2.07. The lowest BCUT2D eigenvalue weighted by Gasteiger charge is -2.07. The maximum Gasteiger partial charge on any atom is 0.119 e. The molecular formula is C14H23NO4. The molecule has 2 N–H and O–H groups in total. The van der Waals surface area contributed by atoms with E-state index in [1.54, 1.807) is 0 Å². The van der Waals surface area contributed by atoms with Crippen molar-refractivity contribution in [1.29, 1.82) is 0 Å². The lowest BCUT2D eigenvalue weighted by molar-refractivity contribution is 0.0106. The van der Waals surface area contributed by atoms with Crippen molar-refractivity contribution < 1.29 is 18.9 Å². The number of hydrogen-bond donors (Lipinski definition) is 1. The summed E-state index contributed by atoms with van der Waals surface area (Å²) in [6, 6.07) is 9.68. The van der Waals surface area contributed by atoms with Crippen LogP contribution >= 0.6 is 0 Å². The van der Waals surface area contributed by atoms with Gasteiger partial charge < -0.3 is 24.7 Å². The van der Waals surface area contributed by atoms with Gasteiger partial charge in [0.2, 0.25) is 0 Å². The second-order valence-electron chi connectivity index (χ2n) is 3.79. The molecule has 108 valence electrons. The molecule has 1 aromatic rings. The van der Waals surface area contributed by atoms with E-state index in [2.05, 4.69) is 0 Å². The van der Waals surface area contributed by atoms with Crippen molar-refractivity contribution in [2.24, 2.45) is 5.73 Å². The highest BCUT2D eigenvalue weighted by atomic mass is 16.6. The Morgan fingerprint density at radius 1 is 0.684 bits per heavy atom. The van der Waals surface area contributed by atoms with Gasteiger partial charge in [0, 0.05) is 6.54 Å². The molecule has 0 fully saturated rings. The van der Waals surface area contributed by atoms with Gasteiger partial charge in [0.1, 0.15) is 12.4 Å². The highest BCUT2D eigenvalue weighted by Gasteiger charge is 1.93. The van der Waals surface area contributed by atoms with E-state index in [9.17, 15) is 0 Å². The van der Waals surface area contributed by atoms with Crippen LogP contribution in [0.3, 0.4) is 0 Å². The topological polar surface area (TPSA) is 62.9 Å². The van der Waals surface area contributed by atoms with E-state index in [1.807, 2.05) is 30.3 Å². The summed E-state index contributed by atoms with van der Waals surface area (Å²) in [5.74, 6) is 0.861. The first kappa shape index (κ1) is 15.9. The van der Waals surface area contributed by atoms with Gasteiger partial charge in [0.15, 0.2) is 0 Å². The third-order valence-electron chi connectivity index (χ3n) is 2.25. The lowest BCUT2D eigenvalue weighted by atomic mass is 10.3. The second-order valence-corrected chi connectivity index (χ2v) is 3.79. The van der Waals surface area contributed by atoms with E-state index >= 15 is 0 Å². The Balaban J connectivity index is 1.79. The number of nitrogens with two attached hydrogens (primary N) is 1. The van der Waals surface area contributed by atoms with Gasteiger partial charge in [-0.05, 0) is 12.1 Å². The summed E-state index contributed by atoms with van der Waals surface area (Å²) < 4.78 is 21.3. The zero-order valence-corrected chi connectivity index (χ0v) is 11.3. The van der Waals surface area contributed by atoms with Crippen molar-refractivity contribution in [2.75, 3.05) is 52.8 Å². The van der Waals surface area contributed by atoms with Gasteiger partial charge in [0.05, 0.1) is 39.6 Å². The van der Waals surface area contributed by atoms with E-state index in [0.29, 0.717) is 52.8 Å². The van der Waals surface area contributed by atoms with E-state index in [0.717, 1.165) is 5.75 Å². The summed E-state index contributed by atoms with van der Waals surface area (Å²) in [5.41, 5.74) is 5.28. The van der Waals surface area contributed by atoms with Crippen molar-refractivity contribution in [1.82, 2.24) is 0 Å². The summed E-state index contributed by atoms with van der Waals surface area (Å²) in [6.45, 7) is 4.51.